The van der Waals surface area contributed by atoms with Gasteiger partial charge in [0.15, 0.2) is 6.61 Å². The summed E-state index contributed by atoms with van der Waals surface area (Å²) >= 11 is 3.37. The van der Waals surface area contributed by atoms with Gasteiger partial charge in [-0.2, -0.15) is 5.10 Å². The Morgan fingerprint density at radius 2 is 2.09 bits per heavy atom. The first-order valence-electron chi connectivity index (χ1n) is 6.79. The van der Waals surface area contributed by atoms with Crippen LogP contribution in [0.1, 0.15) is 25.8 Å². The molecular formula is C15H19BrN2O4. The third kappa shape index (κ3) is 6.71. The zero-order chi connectivity index (χ0) is 16.5. The van der Waals surface area contributed by atoms with Crippen molar-refractivity contribution in [3.05, 3.63) is 28.2 Å². The van der Waals surface area contributed by atoms with Crippen molar-refractivity contribution in [3.63, 3.8) is 0 Å². The van der Waals surface area contributed by atoms with Gasteiger partial charge in [0, 0.05) is 5.71 Å². The van der Waals surface area contributed by atoms with Gasteiger partial charge in [0.2, 0.25) is 0 Å². The number of nitrogens with zero attached hydrogens (tertiary/aromatic N) is 1. The maximum absolute atomic E-state index is 11.6. The first kappa shape index (κ1) is 18.2. The molecule has 7 heteroatoms. The van der Waals surface area contributed by atoms with E-state index < -0.39 is 5.91 Å². The van der Waals surface area contributed by atoms with Gasteiger partial charge in [-0.3, -0.25) is 9.59 Å². The molecular weight excluding hydrogens is 352 g/mol. The summed E-state index contributed by atoms with van der Waals surface area (Å²) in [6.45, 7) is 5.47. The molecule has 0 fully saturated rings. The molecule has 1 amide bonds. The molecule has 0 heterocycles. The van der Waals surface area contributed by atoms with Crippen LogP contribution in [0.3, 0.4) is 0 Å². The summed E-state index contributed by atoms with van der Waals surface area (Å²) < 4.78 is 11.0. The zero-order valence-corrected chi connectivity index (χ0v) is 14.4. The summed E-state index contributed by atoms with van der Waals surface area (Å²) in [4.78, 5) is 22.9. The monoisotopic (exact) mass is 370 g/mol. The number of hydrogen-bond acceptors (Lipinski definition) is 5. The van der Waals surface area contributed by atoms with Gasteiger partial charge >= 0.3 is 5.97 Å². The maximum atomic E-state index is 11.6. The Hall–Kier alpha value is -1.89. The quantitative estimate of drug-likeness (QED) is 0.454. The number of esters is 1. The van der Waals surface area contributed by atoms with E-state index in [0.29, 0.717) is 18.1 Å². The standard InChI is InChI=1S/C15H19BrN2O4/c1-4-21-15(20)8-11(3)17-18-14(19)9-22-13-6-5-10(2)7-12(13)16/h5-7H,4,8-9H2,1-3H3,(H,18,19). The molecule has 0 bridgehead atoms. The molecule has 1 aromatic rings. The number of halogens is 1. The van der Waals surface area contributed by atoms with Crippen LogP contribution in [0.15, 0.2) is 27.8 Å². The average Bonchev–Trinajstić information content (AvgIpc) is 2.44. The third-order valence-electron chi connectivity index (χ3n) is 2.52. The molecule has 0 aliphatic heterocycles. The highest BCUT2D eigenvalue weighted by atomic mass is 79.9. The van der Waals surface area contributed by atoms with E-state index >= 15 is 0 Å². The van der Waals surface area contributed by atoms with Gasteiger partial charge in [-0.1, -0.05) is 6.07 Å². The molecule has 0 aliphatic carbocycles. The fraction of sp³-hybridized carbons (Fsp3) is 0.400. The average molecular weight is 371 g/mol. The van der Waals surface area contributed by atoms with E-state index in [4.69, 9.17) is 9.47 Å². The highest BCUT2D eigenvalue weighted by molar-refractivity contribution is 9.10. The zero-order valence-electron chi connectivity index (χ0n) is 12.8. The Bertz CT molecular complexity index is 573. The molecule has 0 saturated heterocycles. The summed E-state index contributed by atoms with van der Waals surface area (Å²) in [5.41, 5.74) is 3.88. The number of nitrogens with one attached hydrogen (secondary N) is 1. The van der Waals surface area contributed by atoms with Crippen LogP contribution in [0.2, 0.25) is 0 Å². The normalized spacial score (nSPS) is 11.0. The lowest BCUT2D eigenvalue weighted by Gasteiger charge is -2.08. The minimum absolute atomic E-state index is 0.0402. The van der Waals surface area contributed by atoms with E-state index in [1.807, 2.05) is 19.1 Å². The summed E-state index contributed by atoms with van der Waals surface area (Å²) in [5, 5.41) is 3.82. The van der Waals surface area contributed by atoms with Crippen molar-refractivity contribution in [2.75, 3.05) is 13.2 Å². The lowest BCUT2D eigenvalue weighted by molar-refractivity contribution is -0.141. The largest absolute Gasteiger partial charge is 0.483 e. The van der Waals surface area contributed by atoms with E-state index in [1.54, 1.807) is 19.9 Å². The lowest BCUT2D eigenvalue weighted by atomic mass is 10.2. The van der Waals surface area contributed by atoms with Crippen molar-refractivity contribution in [2.45, 2.75) is 27.2 Å². The highest BCUT2D eigenvalue weighted by Crippen LogP contribution is 2.25. The predicted molar refractivity (Wildman–Crippen MR) is 86.9 cm³/mol. The molecule has 0 aliphatic rings. The molecule has 0 aromatic heterocycles. The topological polar surface area (TPSA) is 77.0 Å². The number of amides is 1. The van der Waals surface area contributed by atoms with Gasteiger partial charge in [-0.05, 0) is 54.4 Å². The first-order valence-corrected chi connectivity index (χ1v) is 7.58. The van der Waals surface area contributed by atoms with Crippen molar-refractivity contribution < 1.29 is 19.1 Å². The van der Waals surface area contributed by atoms with Crippen LogP contribution >= 0.6 is 15.9 Å². The number of hydrazone groups is 1. The maximum Gasteiger partial charge on any atom is 0.311 e. The summed E-state index contributed by atoms with van der Waals surface area (Å²) in [6.07, 6.45) is 0.0402. The second-order valence-electron chi connectivity index (χ2n) is 4.59. The Kier molecular flexibility index (Phi) is 7.59. The summed E-state index contributed by atoms with van der Waals surface area (Å²) in [6, 6.07) is 5.57. The molecule has 1 N–H and O–H groups in total. The van der Waals surface area contributed by atoms with Crippen molar-refractivity contribution in [1.29, 1.82) is 0 Å². The van der Waals surface area contributed by atoms with Gasteiger partial charge in [0.1, 0.15) is 5.75 Å². The molecule has 0 spiro atoms. The van der Waals surface area contributed by atoms with Crippen molar-refractivity contribution in [2.24, 2.45) is 5.10 Å². The molecule has 6 nitrogen and oxygen atoms in total. The molecule has 1 rings (SSSR count). The SMILES string of the molecule is CCOC(=O)CC(C)=NNC(=O)COc1ccc(C)cc1Br. The van der Waals surface area contributed by atoms with Crippen molar-refractivity contribution in [3.8, 4) is 5.75 Å². The van der Waals surface area contributed by atoms with E-state index in [9.17, 15) is 9.59 Å². The smallest absolute Gasteiger partial charge is 0.311 e. The molecule has 0 unspecified atom stereocenters. The van der Waals surface area contributed by atoms with Gasteiger partial charge in [-0.25, -0.2) is 5.43 Å². The van der Waals surface area contributed by atoms with Crippen LogP contribution in [0.25, 0.3) is 0 Å². The van der Waals surface area contributed by atoms with Crippen LogP contribution in [0, 0.1) is 6.92 Å². The lowest BCUT2D eigenvalue weighted by Crippen LogP contribution is -2.26. The number of hydrogen-bond donors (Lipinski definition) is 1. The predicted octanol–water partition coefficient (Wildman–Crippen LogP) is 2.58. The second-order valence-corrected chi connectivity index (χ2v) is 5.44. The van der Waals surface area contributed by atoms with Crippen LogP contribution in [0.4, 0.5) is 0 Å². The highest BCUT2D eigenvalue weighted by Gasteiger charge is 2.07. The molecule has 0 saturated carbocycles. The number of aryl methyl sites for hydroxylation is 1. The molecule has 1 aromatic carbocycles. The van der Waals surface area contributed by atoms with Gasteiger partial charge < -0.3 is 9.47 Å². The Morgan fingerprint density at radius 3 is 2.73 bits per heavy atom. The number of ether oxygens (including phenoxy) is 2. The Morgan fingerprint density at radius 1 is 1.36 bits per heavy atom. The van der Waals surface area contributed by atoms with E-state index in [2.05, 4.69) is 26.5 Å². The van der Waals surface area contributed by atoms with Crippen LogP contribution in [-0.2, 0) is 14.3 Å². The number of carbonyl (C=O) groups is 2. The van der Waals surface area contributed by atoms with E-state index in [0.717, 1.165) is 10.0 Å². The number of benzene rings is 1. The fourth-order valence-corrected chi connectivity index (χ4v) is 2.12. The Balaban J connectivity index is 2.41. The van der Waals surface area contributed by atoms with Crippen molar-refractivity contribution >= 4 is 33.5 Å². The molecule has 0 radical (unpaired) electrons. The van der Waals surface area contributed by atoms with Crippen LogP contribution in [-0.4, -0.2) is 30.8 Å². The summed E-state index contributed by atoms with van der Waals surface area (Å²) in [5.74, 6) is -0.207. The summed E-state index contributed by atoms with van der Waals surface area (Å²) in [7, 11) is 0. The molecule has 120 valence electrons. The number of rotatable bonds is 7. The van der Waals surface area contributed by atoms with E-state index in [1.165, 1.54) is 0 Å². The fourth-order valence-electron chi connectivity index (χ4n) is 1.52. The van der Waals surface area contributed by atoms with Crippen LogP contribution < -0.4 is 10.2 Å². The minimum atomic E-state index is -0.407. The molecule has 0 atom stereocenters. The van der Waals surface area contributed by atoms with Gasteiger partial charge in [0.05, 0.1) is 17.5 Å². The third-order valence-corrected chi connectivity index (χ3v) is 3.14. The van der Waals surface area contributed by atoms with Gasteiger partial charge in [-0.15, -0.1) is 0 Å². The first-order chi connectivity index (χ1) is 10.4. The van der Waals surface area contributed by atoms with Crippen LogP contribution in [0.5, 0.6) is 5.75 Å². The number of carbonyl (C=O) groups excluding carboxylic acids is 2. The minimum Gasteiger partial charge on any atom is -0.483 e. The van der Waals surface area contributed by atoms with E-state index in [-0.39, 0.29) is 19.0 Å². The second kappa shape index (κ2) is 9.19. The van der Waals surface area contributed by atoms with Gasteiger partial charge in [0.25, 0.3) is 5.91 Å². The molecule has 22 heavy (non-hydrogen) atoms. The van der Waals surface area contributed by atoms with Crippen molar-refractivity contribution in [1.82, 2.24) is 5.43 Å². The Labute approximate surface area is 138 Å².